The molecule has 1 saturated carbocycles. The van der Waals surface area contributed by atoms with Gasteiger partial charge in [-0.3, -0.25) is 0 Å². The molecular formula is C9H16N2O2. The van der Waals surface area contributed by atoms with Crippen molar-refractivity contribution in [3.05, 3.63) is 12.3 Å². The highest BCUT2D eigenvalue weighted by molar-refractivity contribution is 5.74. The van der Waals surface area contributed by atoms with E-state index in [9.17, 15) is 4.79 Å². The van der Waals surface area contributed by atoms with Crippen LogP contribution < -0.4 is 5.32 Å². The first-order valence-corrected chi connectivity index (χ1v) is 4.53. The summed E-state index contributed by atoms with van der Waals surface area (Å²) < 4.78 is 0. The molecular weight excluding hydrogens is 168 g/mol. The van der Waals surface area contributed by atoms with Gasteiger partial charge in [-0.15, -0.1) is 0 Å². The van der Waals surface area contributed by atoms with E-state index in [4.69, 9.17) is 5.11 Å². The molecule has 0 unspecified atom stereocenters. The first kappa shape index (κ1) is 10.1. The number of allylic oxidation sites excluding steroid dienone is 1. The fourth-order valence-corrected chi connectivity index (χ4v) is 0.906. The van der Waals surface area contributed by atoms with Crippen LogP contribution in [0.1, 0.15) is 12.8 Å². The number of urea groups is 1. The quantitative estimate of drug-likeness (QED) is 0.670. The summed E-state index contributed by atoms with van der Waals surface area (Å²) in [6, 6.07) is -0.175. The molecule has 0 radical (unpaired) electrons. The SMILES string of the molecule is CN(CCO)C(=O)N/C=C/C1CC1. The van der Waals surface area contributed by atoms with Gasteiger partial charge in [0.1, 0.15) is 0 Å². The van der Waals surface area contributed by atoms with Gasteiger partial charge in [0.15, 0.2) is 0 Å². The molecule has 0 aromatic carbocycles. The Labute approximate surface area is 78.2 Å². The Kier molecular flexibility index (Phi) is 3.76. The van der Waals surface area contributed by atoms with E-state index in [2.05, 4.69) is 5.32 Å². The van der Waals surface area contributed by atoms with Crippen molar-refractivity contribution in [3.63, 3.8) is 0 Å². The van der Waals surface area contributed by atoms with Crippen LogP contribution >= 0.6 is 0 Å². The number of carbonyl (C=O) groups excluding carboxylic acids is 1. The van der Waals surface area contributed by atoms with Gasteiger partial charge in [0, 0.05) is 19.8 Å². The Balaban J connectivity index is 2.15. The van der Waals surface area contributed by atoms with Crippen LogP contribution in [0.2, 0.25) is 0 Å². The zero-order valence-electron chi connectivity index (χ0n) is 7.86. The molecule has 74 valence electrons. The fraction of sp³-hybridized carbons (Fsp3) is 0.667. The number of nitrogens with one attached hydrogen (secondary N) is 1. The Hall–Kier alpha value is -1.03. The molecule has 0 bridgehead atoms. The molecule has 13 heavy (non-hydrogen) atoms. The summed E-state index contributed by atoms with van der Waals surface area (Å²) in [7, 11) is 1.65. The van der Waals surface area contributed by atoms with Crippen molar-refractivity contribution in [3.8, 4) is 0 Å². The lowest BCUT2D eigenvalue weighted by Crippen LogP contribution is -2.36. The second-order valence-corrected chi connectivity index (χ2v) is 3.29. The molecule has 1 aliphatic carbocycles. The molecule has 0 aliphatic heterocycles. The van der Waals surface area contributed by atoms with Crippen molar-refractivity contribution in [2.75, 3.05) is 20.2 Å². The van der Waals surface area contributed by atoms with E-state index in [-0.39, 0.29) is 12.6 Å². The van der Waals surface area contributed by atoms with Crippen molar-refractivity contribution < 1.29 is 9.90 Å². The molecule has 0 aromatic rings. The molecule has 4 heteroatoms. The Morgan fingerprint density at radius 3 is 2.92 bits per heavy atom. The largest absolute Gasteiger partial charge is 0.395 e. The van der Waals surface area contributed by atoms with Crippen molar-refractivity contribution >= 4 is 6.03 Å². The van der Waals surface area contributed by atoms with E-state index < -0.39 is 0 Å². The van der Waals surface area contributed by atoms with Gasteiger partial charge in [0.2, 0.25) is 0 Å². The predicted molar refractivity (Wildman–Crippen MR) is 50.1 cm³/mol. The molecule has 1 fully saturated rings. The summed E-state index contributed by atoms with van der Waals surface area (Å²) in [6.07, 6.45) is 6.16. The van der Waals surface area contributed by atoms with Gasteiger partial charge in [-0.05, 0) is 18.8 Å². The van der Waals surface area contributed by atoms with E-state index in [1.165, 1.54) is 17.7 Å². The van der Waals surface area contributed by atoms with Gasteiger partial charge in [-0.25, -0.2) is 4.79 Å². The maximum absolute atomic E-state index is 11.2. The summed E-state index contributed by atoms with van der Waals surface area (Å²) in [5, 5.41) is 11.2. The number of amides is 2. The van der Waals surface area contributed by atoms with Crippen molar-refractivity contribution in [1.82, 2.24) is 10.2 Å². The predicted octanol–water partition coefficient (Wildman–Crippen LogP) is 0.544. The van der Waals surface area contributed by atoms with Gasteiger partial charge < -0.3 is 15.3 Å². The van der Waals surface area contributed by atoms with Crippen molar-refractivity contribution in [1.29, 1.82) is 0 Å². The number of rotatable bonds is 4. The van der Waals surface area contributed by atoms with Gasteiger partial charge in [0.05, 0.1) is 6.61 Å². The molecule has 0 spiro atoms. The number of hydrogen-bond acceptors (Lipinski definition) is 2. The van der Waals surface area contributed by atoms with Crippen LogP contribution in [-0.2, 0) is 0 Å². The monoisotopic (exact) mass is 184 g/mol. The van der Waals surface area contributed by atoms with Gasteiger partial charge in [-0.2, -0.15) is 0 Å². The minimum absolute atomic E-state index is 0.00371. The van der Waals surface area contributed by atoms with Crippen LogP contribution in [0.5, 0.6) is 0 Å². The first-order chi connectivity index (χ1) is 6.24. The Morgan fingerprint density at radius 1 is 1.69 bits per heavy atom. The number of aliphatic hydroxyl groups is 1. The van der Waals surface area contributed by atoms with E-state index in [1.807, 2.05) is 6.08 Å². The van der Waals surface area contributed by atoms with E-state index in [1.54, 1.807) is 13.2 Å². The minimum atomic E-state index is -0.175. The van der Waals surface area contributed by atoms with E-state index in [0.29, 0.717) is 12.5 Å². The normalized spacial score (nSPS) is 16.2. The molecule has 0 heterocycles. The zero-order chi connectivity index (χ0) is 9.68. The third-order valence-electron chi connectivity index (χ3n) is 1.98. The number of nitrogens with zero attached hydrogens (tertiary/aromatic N) is 1. The number of aliphatic hydroxyl groups excluding tert-OH is 1. The first-order valence-electron chi connectivity index (χ1n) is 4.53. The topological polar surface area (TPSA) is 52.6 Å². The van der Waals surface area contributed by atoms with E-state index >= 15 is 0 Å². The van der Waals surface area contributed by atoms with Gasteiger partial charge >= 0.3 is 6.03 Å². The lowest BCUT2D eigenvalue weighted by atomic mass is 10.4. The Bertz CT molecular complexity index is 200. The number of carbonyl (C=O) groups is 1. The Morgan fingerprint density at radius 2 is 2.38 bits per heavy atom. The molecule has 0 atom stereocenters. The summed E-state index contributed by atoms with van der Waals surface area (Å²) in [5.74, 6) is 0.670. The number of likely N-dealkylation sites (N-methyl/N-ethyl adjacent to an activating group) is 1. The summed E-state index contributed by atoms with van der Waals surface area (Å²) in [6.45, 7) is 0.360. The highest BCUT2D eigenvalue weighted by Gasteiger charge is 2.17. The second-order valence-electron chi connectivity index (χ2n) is 3.29. The van der Waals surface area contributed by atoms with Crippen LogP contribution in [0, 0.1) is 5.92 Å². The lowest BCUT2D eigenvalue weighted by Gasteiger charge is -2.14. The van der Waals surface area contributed by atoms with Crippen molar-refractivity contribution in [2.24, 2.45) is 5.92 Å². The highest BCUT2D eigenvalue weighted by Crippen LogP contribution is 2.29. The summed E-state index contributed by atoms with van der Waals surface area (Å²) in [5.41, 5.74) is 0. The van der Waals surface area contributed by atoms with Gasteiger partial charge in [0.25, 0.3) is 0 Å². The fourth-order valence-electron chi connectivity index (χ4n) is 0.906. The number of hydrogen-bond donors (Lipinski definition) is 2. The van der Waals surface area contributed by atoms with Crippen LogP contribution in [-0.4, -0.2) is 36.2 Å². The smallest absolute Gasteiger partial charge is 0.321 e. The molecule has 1 rings (SSSR count). The van der Waals surface area contributed by atoms with Crippen molar-refractivity contribution in [2.45, 2.75) is 12.8 Å². The molecule has 4 nitrogen and oxygen atoms in total. The van der Waals surface area contributed by atoms with Crippen LogP contribution in [0.4, 0.5) is 4.79 Å². The minimum Gasteiger partial charge on any atom is -0.395 e. The summed E-state index contributed by atoms with van der Waals surface area (Å²) >= 11 is 0. The summed E-state index contributed by atoms with van der Waals surface area (Å²) in [4.78, 5) is 12.6. The molecule has 1 aliphatic rings. The van der Waals surface area contributed by atoms with Crippen LogP contribution in [0.25, 0.3) is 0 Å². The average molecular weight is 184 g/mol. The molecule has 2 amide bonds. The third-order valence-corrected chi connectivity index (χ3v) is 1.98. The maximum atomic E-state index is 11.2. The van der Waals surface area contributed by atoms with Crippen LogP contribution in [0.15, 0.2) is 12.3 Å². The standard InChI is InChI=1S/C9H16N2O2/c1-11(6-7-12)9(13)10-5-4-8-2-3-8/h4-5,8,12H,2-3,6-7H2,1H3,(H,10,13)/b5-4+. The molecule has 0 saturated heterocycles. The third kappa shape index (κ3) is 3.94. The van der Waals surface area contributed by atoms with Gasteiger partial charge in [-0.1, -0.05) is 6.08 Å². The van der Waals surface area contributed by atoms with E-state index in [0.717, 1.165) is 0 Å². The molecule has 0 aromatic heterocycles. The average Bonchev–Trinajstić information content (AvgIpc) is 2.88. The zero-order valence-corrected chi connectivity index (χ0v) is 7.86. The molecule has 2 N–H and O–H groups in total. The maximum Gasteiger partial charge on any atom is 0.321 e. The van der Waals surface area contributed by atoms with Crippen LogP contribution in [0.3, 0.4) is 0 Å². The second kappa shape index (κ2) is 4.87. The lowest BCUT2D eigenvalue weighted by molar-refractivity contribution is 0.193. The highest BCUT2D eigenvalue weighted by atomic mass is 16.3.